The molecule has 1 aromatic rings. The molecule has 2 heterocycles. The lowest BCUT2D eigenvalue weighted by Gasteiger charge is -2.21. The van der Waals surface area contributed by atoms with Crippen LogP contribution in [0.25, 0.3) is 0 Å². The molecule has 4 rings (SSSR count). The first-order chi connectivity index (χ1) is 10.6. The molecule has 0 amide bonds. The standard InChI is InChI=1S/C17H23ClN2O2/c1-20-8-11(7-19)4-14(20)12-5-13(18)16-15(6-12)21-9-17(2-3-17)10-22-16/h5-6,11,14H,2-4,7-10,19H2,1H3. The van der Waals surface area contributed by atoms with Gasteiger partial charge in [-0.25, -0.2) is 0 Å². The lowest BCUT2D eigenvalue weighted by molar-refractivity contribution is 0.197. The predicted molar refractivity (Wildman–Crippen MR) is 86.6 cm³/mol. The summed E-state index contributed by atoms with van der Waals surface area (Å²) in [5, 5.41) is 0.662. The van der Waals surface area contributed by atoms with E-state index in [1.807, 2.05) is 6.07 Å². The number of likely N-dealkylation sites (tertiary alicyclic amines) is 1. The van der Waals surface area contributed by atoms with Crippen LogP contribution in [0, 0.1) is 11.3 Å². The normalized spacial score (nSPS) is 29.6. The number of rotatable bonds is 2. The van der Waals surface area contributed by atoms with Crippen molar-refractivity contribution in [1.82, 2.24) is 4.90 Å². The van der Waals surface area contributed by atoms with Crippen LogP contribution in [0.1, 0.15) is 30.9 Å². The van der Waals surface area contributed by atoms with E-state index in [1.54, 1.807) is 0 Å². The molecule has 1 aromatic carbocycles. The van der Waals surface area contributed by atoms with Gasteiger partial charge in [-0.3, -0.25) is 4.90 Å². The first-order valence-corrected chi connectivity index (χ1v) is 8.47. The third kappa shape index (κ3) is 2.47. The summed E-state index contributed by atoms with van der Waals surface area (Å²) in [4.78, 5) is 2.36. The minimum absolute atomic E-state index is 0.233. The van der Waals surface area contributed by atoms with Gasteiger partial charge >= 0.3 is 0 Å². The number of hydrogen-bond acceptors (Lipinski definition) is 4. The zero-order valence-corrected chi connectivity index (χ0v) is 13.7. The van der Waals surface area contributed by atoms with Gasteiger partial charge in [0.15, 0.2) is 11.5 Å². The summed E-state index contributed by atoms with van der Waals surface area (Å²) in [6.45, 7) is 3.24. The highest BCUT2D eigenvalue weighted by molar-refractivity contribution is 6.32. The Bertz CT molecular complexity index is 588. The largest absolute Gasteiger partial charge is 0.489 e. The molecule has 5 heteroatoms. The maximum Gasteiger partial charge on any atom is 0.179 e. The van der Waals surface area contributed by atoms with Crippen LogP contribution in [0.4, 0.5) is 0 Å². The predicted octanol–water partition coefficient (Wildman–Crippen LogP) is 2.84. The van der Waals surface area contributed by atoms with Crippen molar-refractivity contribution in [3.63, 3.8) is 0 Å². The van der Waals surface area contributed by atoms with Crippen LogP contribution in [-0.2, 0) is 0 Å². The van der Waals surface area contributed by atoms with E-state index in [4.69, 9.17) is 26.8 Å². The number of nitrogens with two attached hydrogens (primary N) is 1. The molecule has 2 aliphatic heterocycles. The molecule has 0 bridgehead atoms. The van der Waals surface area contributed by atoms with Crippen molar-refractivity contribution >= 4 is 11.6 Å². The van der Waals surface area contributed by atoms with Crippen LogP contribution in [0.3, 0.4) is 0 Å². The van der Waals surface area contributed by atoms with Crippen LogP contribution >= 0.6 is 11.6 Å². The summed E-state index contributed by atoms with van der Waals surface area (Å²) in [5.41, 5.74) is 7.28. The fraction of sp³-hybridized carbons (Fsp3) is 0.647. The van der Waals surface area contributed by atoms with Gasteiger partial charge in [0.1, 0.15) is 0 Å². The van der Waals surface area contributed by atoms with Gasteiger partial charge in [0.25, 0.3) is 0 Å². The Morgan fingerprint density at radius 2 is 2.09 bits per heavy atom. The molecule has 2 atom stereocenters. The molecule has 2 N–H and O–H groups in total. The summed E-state index contributed by atoms with van der Waals surface area (Å²) in [7, 11) is 2.15. The van der Waals surface area contributed by atoms with Crippen molar-refractivity contribution in [3.8, 4) is 11.5 Å². The first kappa shape index (κ1) is 14.6. The molecule has 0 radical (unpaired) electrons. The number of benzene rings is 1. The van der Waals surface area contributed by atoms with Gasteiger partial charge in [-0.15, -0.1) is 0 Å². The molecule has 2 unspecified atom stereocenters. The molecule has 1 saturated heterocycles. The average molecular weight is 323 g/mol. The van der Waals surface area contributed by atoms with Crippen molar-refractivity contribution in [2.75, 3.05) is 33.4 Å². The first-order valence-electron chi connectivity index (χ1n) is 8.10. The zero-order valence-electron chi connectivity index (χ0n) is 13.0. The van der Waals surface area contributed by atoms with Gasteiger partial charge < -0.3 is 15.2 Å². The van der Waals surface area contributed by atoms with Gasteiger partial charge in [-0.1, -0.05) is 11.6 Å². The number of hydrogen-bond donors (Lipinski definition) is 1. The van der Waals surface area contributed by atoms with E-state index in [9.17, 15) is 0 Å². The number of nitrogens with zero attached hydrogens (tertiary/aromatic N) is 1. The van der Waals surface area contributed by atoms with E-state index >= 15 is 0 Å². The number of fused-ring (bicyclic) bond motifs is 1. The van der Waals surface area contributed by atoms with Gasteiger partial charge in [0, 0.05) is 18.0 Å². The Kier molecular flexibility index (Phi) is 3.51. The highest BCUT2D eigenvalue weighted by atomic mass is 35.5. The second kappa shape index (κ2) is 5.29. The van der Waals surface area contributed by atoms with Gasteiger partial charge in [-0.2, -0.15) is 0 Å². The fourth-order valence-corrected chi connectivity index (χ4v) is 3.93. The third-order valence-corrected chi connectivity index (χ3v) is 5.68. The Labute approximate surface area is 136 Å². The molecule has 1 spiro atoms. The lowest BCUT2D eigenvalue weighted by Crippen LogP contribution is -2.20. The summed E-state index contributed by atoms with van der Waals surface area (Å²) in [6, 6.07) is 4.51. The quantitative estimate of drug-likeness (QED) is 0.909. The molecule has 1 aliphatic carbocycles. The van der Waals surface area contributed by atoms with Gasteiger partial charge in [0.05, 0.1) is 18.2 Å². The maximum absolute atomic E-state index is 6.48. The van der Waals surface area contributed by atoms with Crippen LogP contribution in [0.2, 0.25) is 5.02 Å². The second-order valence-electron chi connectivity index (χ2n) is 7.20. The van der Waals surface area contributed by atoms with Crippen LogP contribution in [-0.4, -0.2) is 38.3 Å². The smallest absolute Gasteiger partial charge is 0.179 e. The molecule has 22 heavy (non-hydrogen) atoms. The lowest BCUT2D eigenvalue weighted by atomic mass is 9.99. The molecular formula is C17H23ClN2O2. The van der Waals surface area contributed by atoms with Crippen molar-refractivity contribution in [1.29, 1.82) is 0 Å². The fourth-order valence-electron chi connectivity index (χ4n) is 3.66. The van der Waals surface area contributed by atoms with Crippen LogP contribution in [0.15, 0.2) is 12.1 Å². The second-order valence-corrected chi connectivity index (χ2v) is 7.61. The van der Waals surface area contributed by atoms with E-state index < -0.39 is 0 Å². The Morgan fingerprint density at radius 1 is 1.32 bits per heavy atom. The van der Waals surface area contributed by atoms with Crippen molar-refractivity contribution in [3.05, 3.63) is 22.7 Å². The minimum atomic E-state index is 0.233. The zero-order chi connectivity index (χ0) is 15.3. The van der Waals surface area contributed by atoms with E-state index in [2.05, 4.69) is 18.0 Å². The SMILES string of the molecule is CN1CC(CN)CC1c1cc(Cl)c2c(c1)OCC1(CC1)CO2. The van der Waals surface area contributed by atoms with E-state index in [1.165, 1.54) is 18.4 Å². The Balaban J connectivity index is 1.63. The number of halogens is 1. The third-order valence-electron chi connectivity index (χ3n) is 5.40. The van der Waals surface area contributed by atoms with Crippen molar-refractivity contribution in [2.24, 2.45) is 17.1 Å². The summed E-state index contributed by atoms with van der Waals surface area (Å²) in [5.74, 6) is 2.07. The molecule has 120 valence electrons. The van der Waals surface area contributed by atoms with Gasteiger partial charge in [0.2, 0.25) is 0 Å². The monoisotopic (exact) mass is 322 g/mol. The highest BCUT2D eigenvalue weighted by Crippen LogP contribution is 2.51. The average Bonchev–Trinajstić information content (AvgIpc) is 3.22. The minimum Gasteiger partial charge on any atom is -0.489 e. The van der Waals surface area contributed by atoms with Crippen molar-refractivity contribution < 1.29 is 9.47 Å². The summed E-state index contributed by atoms with van der Waals surface area (Å²) >= 11 is 6.48. The molecule has 3 aliphatic rings. The maximum atomic E-state index is 6.48. The molecule has 4 nitrogen and oxygen atoms in total. The van der Waals surface area contributed by atoms with Crippen molar-refractivity contribution in [2.45, 2.75) is 25.3 Å². The molecule has 1 saturated carbocycles. The molecule has 2 fully saturated rings. The van der Waals surface area contributed by atoms with E-state index in [-0.39, 0.29) is 5.41 Å². The van der Waals surface area contributed by atoms with E-state index in [0.29, 0.717) is 22.7 Å². The Morgan fingerprint density at radius 3 is 2.77 bits per heavy atom. The topological polar surface area (TPSA) is 47.7 Å². The summed E-state index contributed by atoms with van der Waals surface area (Å²) < 4.78 is 12.0. The van der Waals surface area contributed by atoms with Crippen LogP contribution < -0.4 is 15.2 Å². The van der Waals surface area contributed by atoms with E-state index in [0.717, 1.165) is 38.5 Å². The molecule has 0 aromatic heterocycles. The number of ether oxygens (including phenoxy) is 2. The Hall–Kier alpha value is -0.970. The molecular weight excluding hydrogens is 300 g/mol. The van der Waals surface area contributed by atoms with Crippen LogP contribution in [0.5, 0.6) is 11.5 Å². The highest BCUT2D eigenvalue weighted by Gasteiger charge is 2.46. The summed E-state index contributed by atoms with van der Waals surface area (Å²) in [6.07, 6.45) is 3.46. The van der Waals surface area contributed by atoms with Gasteiger partial charge in [-0.05, 0) is 56.5 Å².